The van der Waals surface area contributed by atoms with E-state index in [1.165, 1.54) is 35.2 Å². The van der Waals surface area contributed by atoms with Gasteiger partial charge >= 0.3 is 0 Å². The molecule has 1 aliphatic heterocycles. The summed E-state index contributed by atoms with van der Waals surface area (Å²) in [6.45, 7) is 2.01. The van der Waals surface area contributed by atoms with E-state index < -0.39 is 15.9 Å². The molecule has 0 radical (unpaired) electrons. The van der Waals surface area contributed by atoms with Crippen LogP contribution < -0.4 is 5.32 Å². The third kappa shape index (κ3) is 4.74. The number of likely N-dealkylation sites (tertiary alicyclic amines) is 1. The van der Waals surface area contributed by atoms with E-state index >= 15 is 0 Å². The van der Waals surface area contributed by atoms with Gasteiger partial charge in [-0.15, -0.1) is 0 Å². The number of hydrogen-bond donors (Lipinski definition) is 1. The van der Waals surface area contributed by atoms with Gasteiger partial charge in [-0.25, -0.2) is 8.42 Å². The van der Waals surface area contributed by atoms with Crippen molar-refractivity contribution in [3.63, 3.8) is 0 Å². The number of nitrogens with zero attached hydrogens (tertiary/aromatic N) is 1. The zero-order valence-electron chi connectivity index (χ0n) is 15.7. The van der Waals surface area contributed by atoms with Crippen molar-refractivity contribution in [2.45, 2.75) is 30.7 Å². The zero-order valence-corrected chi connectivity index (χ0v) is 18.0. The van der Waals surface area contributed by atoms with Crippen molar-refractivity contribution >= 4 is 50.5 Å². The van der Waals surface area contributed by atoms with E-state index in [4.69, 9.17) is 23.2 Å². The summed E-state index contributed by atoms with van der Waals surface area (Å²) in [5, 5.41) is 3.42. The van der Waals surface area contributed by atoms with Crippen LogP contribution in [-0.2, 0) is 14.6 Å². The molecule has 3 rings (SSSR count). The fourth-order valence-corrected chi connectivity index (χ4v) is 4.49. The monoisotopic (exact) mass is 454 g/mol. The first-order valence-corrected chi connectivity index (χ1v) is 11.5. The Kier molecular flexibility index (Phi) is 6.51. The second kappa shape index (κ2) is 8.73. The SMILES string of the molecule is CCS(=O)(=O)c1ccc(NC(=O)C2CCCN2C(=O)c2cc(Cl)ccc2Cl)cc1. The van der Waals surface area contributed by atoms with Crippen molar-refractivity contribution in [3.05, 3.63) is 58.1 Å². The number of anilines is 1. The average molecular weight is 455 g/mol. The van der Waals surface area contributed by atoms with Crippen molar-refractivity contribution in [1.82, 2.24) is 4.90 Å². The number of halogens is 2. The molecule has 2 amide bonds. The second-order valence-electron chi connectivity index (χ2n) is 6.70. The number of carbonyl (C=O) groups excluding carboxylic acids is 2. The Balaban J connectivity index is 1.75. The smallest absolute Gasteiger partial charge is 0.256 e. The maximum absolute atomic E-state index is 12.9. The molecule has 0 spiro atoms. The molecular formula is C20H20Cl2N2O4S. The number of sulfone groups is 1. The minimum Gasteiger partial charge on any atom is -0.327 e. The maximum Gasteiger partial charge on any atom is 0.256 e. The van der Waals surface area contributed by atoms with Gasteiger partial charge in [-0.3, -0.25) is 9.59 Å². The molecule has 29 heavy (non-hydrogen) atoms. The third-order valence-corrected chi connectivity index (χ3v) is 7.15. The van der Waals surface area contributed by atoms with Gasteiger partial charge in [-0.2, -0.15) is 0 Å². The summed E-state index contributed by atoms with van der Waals surface area (Å²) in [7, 11) is -3.31. The van der Waals surface area contributed by atoms with Crippen LogP contribution in [0.2, 0.25) is 10.0 Å². The summed E-state index contributed by atoms with van der Waals surface area (Å²) in [4.78, 5) is 27.4. The number of hydrogen-bond acceptors (Lipinski definition) is 4. The van der Waals surface area contributed by atoms with E-state index in [0.717, 1.165) is 0 Å². The Morgan fingerprint density at radius 3 is 2.48 bits per heavy atom. The predicted molar refractivity (Wildman–Crippen MR) is 113 cm³/mol. The maximum atomic E-state index is 12.9. The lowest BCUT2D eigenvalue weighted by Gasteiger charge is -2.24. The van der Waals surface area contributed by atoms with Crippen molar-refractivity contribution in [2.24, 2.45) is 0 Å². The van der Waals surface area contributed by atoms with Crippen LogP contribution in [0.25, 0.3) is 0 Å². The first kappa shape index (κ1) is 21.6. The number of nitrogens with one attached hydrogen (secondary N) is 1. The second-order valence-corrected chi connectivity index (χ2v) is 9.82. The summed E-state index contributed by atoms with van der Waals surface area (Å²) in [6, 6.07) is 9.98. The number of benzene rings is 2. The van der Waals surface area contributed by atoms with Gasteiger partial charge in [-0.1, -0.05) is 30.1 Å². The largest absolute Gasteiger partial charge is 0.327 e. The molecule has 1 saturated heterocycles. The molecule has 0 saturated carbocycles. The van der Waals surface area contributed by atoms with Gasteiger partial charge in [0.25, 0.3) is 5.91 Å². The van der Waals surface area contributed by atoms with E-state index in [-0.39, 0.29) is 33.0 Å². The molecule has 2 aromatic carbocycles. The highest BCUT2D eigenvalue weighted by atomic mass is 35.5. The first-order chi connectivity index (χ1) is 13.7. The van der Waals surface area contributed by atoms with Gasteiger partial charge in [0.05, 0.1) is 21.2 Å². The van der Waals surface area contributed by atoms with E-state index in [1.807, 2.05) is 0 Å². The Morgan fingerprint density at radius 1 is 1.14 bits per heavy atom. The summed E-state index contributed by atoms with van der Waals surface area (Å²) < 4.78 is 23.8. The van der Waals surface area contributed by atoms with Crippen LogP contribution in [0.15, 0.2) is 47.4 Å². The highest BCUT2D eigenvalue weighted by Gasteiger charge is 2.35. The zero-order chi connectivity index (χ0) is 21.2. The highest BCUT2D eigenvalue weighted by molar-refractivity contribution is 7.91. The third-order valence-electron chi connectivity index (χ3n) is 4.84. The van der Waals surface area contributed by atoms with Gasteiger partial charge in [0.1, 0.15) is 6.04 Å². The molecule has 1 fully saturated rings. The number of rotatable bonds is 5. The lowest BCUT2D eigenvalue weighted by Crippen LogP contribution is -2.43. The van der Waals surface area contributed by atoms with Crippen LogP contribution in [0.5, 0.6) is 0 Å². The van der Waals surface area contributed by atoms with E-state index in [0.29, 0.717) is 30.1 Å². The Labute approximate surface area is 179 Å². The van der Waals surface area contributed by atoms with Crippen LogP contribution >= 0.6 is 23.2 Å². The van der Waals surface area contributed by atoms with Gasteiger partial charge in [0, 0.05) is 17.3 Å². The molecule has 9 heteroatoms. The van der Waals surface area contributed by atoms with Crippen LogP contribution in [0, 0.1) is 0 Å². The summed E-state index contributed by atoms with van der Waals surface area (Å²) >= 11 is 12.1. The molecule has 2 aromatic rings. The first-order valence-electron chi connectivity index (χ1n) is 9.12. The normalized spacial score (nSPS) is 16.7. The molecule has 0 aliphatic carbocycles. The molecule has 1 N–H and O–H groups in total. The number of carbonyl (C=O) groups is 2. The van der Waals surface area contributed by atoms with E-state index in [9.17, 15) is 18.0 Å². The summed E-state index contributed by atoms with van der Waals surface area (Å²) in [5.74, 6) is -0.677. The van der Waals surface area contributed by atoms with Crippen molar-refractivity contribution < 1.29 is 18.0 Å². The van der Waals surface area contributed by atoms with Crippen LogP contribution in [0.3, 0.4) is 0 Å². The Hall–Kier alpha value is -2.09. The highest BCUT2D eigenvalue weighted by Crippen LogP contribution is 2.27. The molecule has 1 unspecified atom stereocenters. The minimum atomic E-state index is -3.31. The molecular weight excluding hydrogens is 435 g/mol. The van der Waals surface area contributed by atoms with Gasteiger partial charge in [-0.05, 0) is 55.3 Å². The molecule has 1 aliphatic rings. The Morgan fingerprint density at radius 2 is 1.83 bits per heavy atom. The lowest BCUT2D eigenvalue weighted by atomic mass is 10.1. The molecule has 0 aromatic heterocycles. The van der Waals surface area contributed by atoms with Crippen molar-refractivity contribution in [1.29, 1.82) is 0 Å². The van der Waals surface area contributed by atoms with Crippen molar-refractivity contribution in [3.8, 4) is 0 Å². The summed E-state index contributed by atoms with van der Waals surface area (Å²) in [5.41, 5.74) is 0.720. The molecule has 1 heterocycles. The average Bonchev–Trinajstić information content (AvgIpc) is 3.20. The van der Waals surface area contributed by atoms with Crippen molar-refractivity contribution in [2.75, 3.05) is 17.6 Å². The Bertz CT molecular complexity index is 1040. The van der Waals surface area contributed by atoms with Gasteiger partial charge in [0.15, 0.2) is 9.84 Å². The topological polar surface area (TPSA) is 83.6 Å². The predicted octanol–water partition coefficient (Wildman–Crippen LogP) is 4.03. The molecule has 0 bridgehead atoms. The minimum absolute atomic E-state index is 0.00388. The fraction of sp³-hybridized carbons (Fsp3) is 0.300. The standard InChI is InChI=1S/C20H20Cl2N2O4S/c1-2-29(27,28)15-8-6-14(7-9-15)23-19(25)18-4-3-11-24(18)20(26)16-12-13(21)5-10-17(16)22/h5-10,12,18H,2-4,11H2,1H3,(H,23,25). The van der Waals surface area contributed by atoms with Crippen LogP contribution in [0.4, 0.5) is 5.69 Å². The lowest BCUT2D eigenvalue weighted by molar-refractivity contribution is -0.119. The molecule has 1 atom stereocenters. The van der Waals surface area contributed by atoms with E-state index in [1.54, 1.807) is 19.1 Å². The molecule has 6 nitrogen and oxygen atoms in total. The van der Waals surface area contributed by atoms with Crippen LogP contribution in [-0.4, -0.2) is 43.5 Å². The quantitative estimate of drug-likeness (QED) is 0.738. The van der Waals surface area contributed by atoms with Gasteiger partial charge in [0.2, 0.25) is 5.91 Å². The van der Waals surface area contributed by atoms with Crippen LogP contribution in [0.1, 0.15) is 30.1 Å². The number of amides is 2. The molecule has 154 valence electrons. The summed E-state index contributed by atoms with van der Waals surface area (Å²) in [6.07, 6.45) is 1.22. The van der Waals surface area contributed by atoms with E-state index in [2.05, 4.69) is 5.32 Å². The van der Waals surface area contributed by atoms with Gasteiger partial charge < -0.3 is 10.2 Å². The fourth-order valence-electron chi connectivity index (χ4n) is 3.24.